The van der Waals surface area contributed by atoms with E-state index in [1.807, 2.05) is 18.3 Å². The first-order chi connectivity index (χ1) is 5.83. The van der Waals surface area contributed by atoms with Crippen molar-refractivity contribution < 1.29 is 0 Å². The summed E-state index contributed by atoms with van der Waals surface area (Å²) in [7, 11) is 0. The van der Waals surface area contributed by atoms with Crippen LogP contribution in [0.2, 0.25) is 0 Å². The summed E-state index contributed by atoms with van der Waals surface area (Å²) in [5, 5.41) is 3.06. The lowest BCUT2D eigenvalue weighted by Gasteiger charge is -2.02. The molecule has 3 heteroatoms. The first kappa shape index (κ1) is 9.00. The third-order valence-electron chi connectivity index (χ3n) is 1.46. The highest BCUT2D eigenvalue weighted by atomic mass is 32.1. The highest BCUT2D eigenvalue weighted by Gasteiger charge is 1.96. The maximum absolute atomic E-state index is 5.09. The molecule has 0 spiro atoms. The molecule has 2 nitrogen and oxygen atoms in total. The van der Waals surface area contributed by atoms with Gasteiger partial charge in [0.1, 0.15) is 0 Å². The molecule has 0 atom stereocenters. The minimum Gasteiger partial charge on any atom is -0.376 e. The quantitative estimate of drug-likeness (QED) is 0.545. The molecule has 0 bridgehead atoms. The summed E-state index contributed by atoms with van der Waals surface area (Å²) in [4.78, 5) is 3.94. The van der Waals surface area contributed by atoms with E-state index >= 15 is 0 Å². The van der Waals surface area contributed by atoms with Crippen molar-refractivity contribution in [1.29, 1.82) is 0 Å². The number of hydrogen-bond acceptors (Lipinski definition) is 1. The van der Waals surface area contributed by atoms with Crippen LogP contribution in [0.1, 0.15) is 5.69 Å². The van der Waals surface area contributed by atoms with Gasteiger partial charge in [-0.2, -0.15) is 0 Å². The third kappa shape index (κ3) is 2.88. The molecule has 0 saturated heterocycles. The van der Waals surface area contributed by atoms with Crippen molar-refractivity contribution in [2.75, 3.05) is 6.54 Å². The Bertz CT molecular complexity index is 252. The molecule has 1 heterocycles. The van der Waals surface area contributed by atoms with Gasteiger partial charge in [-0.1, -0.05) is 18.3 Å². The van der Waals surface area contributed by atoms with Crippen molar-refractivity contribution in [2.24, 2.45) is 0 Å². The number of hydrogen-bond donors (Lipinski definition) is 2. The molecule has 0 aliphatic carbocycles. The van der Waals surface area contributed by atoms with Gasteiger partial charge < -0.3 is 10.3 Å². The van der Waals surface area contributed by atoms with Gasteiger partial charge >= 0.3 is 0 Å². The second kappa shape index (κ2) is 4.72. The fourth-order valence-electron chi connectivity index (χ4n) is 0.899. The van der Waals surface area contributed by atoms with Gasteiger partial charge in [-0.05, 0) is 12.1 Å². The van der Waals surface area contributed by atoms with Crippen molar-refractivity contribution in [3.8, 4) is 0 Å². The van der Waals surface area contributed by atoms with E-state index in [2.05, 4.69) is 16.9 Å². The Labute approximate surface area is 77.7 Å². The molecule has 0 aliphatic rings. The van der Waals surface area contributed by atoms with Crippen LogP contribution in [-0.2, 0) is 6.42 Å². The maximum atomic E-state index is 5.09. The fourth-order valence-corrected chi connectivity index (χ4v) is 1.14. The van der Waals surface area contributed by atoms with E-state index in [1.54, 1.807) is 6.08 Å². The first-order valence-corrected chi connectivity index (χ1v) is 4.23. The van der Waals surface area contributed by atoms with E-state index in [0.29, 0.717) is 0 Å². The average Bonchev–Trinajstić information content (AvgIpc) is 2.53. The average molecular weight is 180 g/mol. The largest absolute Gasteiger partial charge is 0.376 e. The second-order valence-corrected chi connectivity index (χ2v) is 2.96. The van der Waals surface area contributed by atoms with Gasteiger partial charge in [0.05, 0.1) is 4.99 Å². The van der Waals surface area contributed by atoms with Gasteiger partial charge in [-0.3, -0.25) is 0 Å². The topological polar surface area (TPSA) is 27.8 Å². The van der Waals surface area contributed by atoms with Gasteiger partial charge in [0.2, 0.25) is 0 Å². The summed E-state index contributed by atoms with van der Waals surface area (Å²) in [6, 6.07) is 3.98. The summed E-state index contributed by atoms with van der Waals surface area (Å²) in [6.45, 7) is 4.34. The fraction of sp³-hybridized carbons (Fsp3) is 0.222. The number of aromatic amines is 1. The molecule has 0 amide bonds. The molecular formula is C9H12N2S. The Hall–Kier alpha value is -1.09. The van der Waals surface area contributed by atoms with E-state index < -0.39 is 0 Å². The van der Waals surface area contributed by atoms with Crippen molar-refractivity contribution in [2.45, 2.75) is 6.42 Å². The minimum atomic E-state index is 0.736. The summed E-state index contributed by atoms with van der Waals surface area (Å²) in [5.41, 5.74) is 1.14. The Morgan fingerprint density at radius 2 is 2.58 bits per heavy atom. The van der Waals surface area contributed by atoms with Crippen molar-refractivity contribution >= 4 is 17.2 Å². The van der Waals surface area contributed by atoms with E-state index in [1.165, 1.54) is 0 Å². The van der Waals surface area contributed by atoms with Crippen LogP contribution in [0.4, 0.5) is 0 Å². The van der Waals surface area contributed by atoms with E-state index in [4.69, 9.17) is 12.2 Å². The summed E-state index contributed by atoms with van der Waals surface area (Å²) < 4.78 is 0. The molecule has 0 saturated carbocycles. The van der Waals surface area contributed by atoms with Crippen molar-refractivity contribution in [3.63, 3.8) is 0 Å². The SMILES string of the molecule is C=CCNC(=S)Cc1ccc[nH]1. The number of thiocarbonyl (C=S) groups is 1. The predicted octanol–water partition coefficient (Wildman–Crippen LogP) is 1.66. The molecule has 0 unspecified atom stereocenters. The van der Waals surface area contributed by atoms with Gasteiger partial charge in [-0.15, -0.1) is 6.58 Å². The van der Waals surface area contributed by atoms with E-state index in [-0.39, 0.29) is 0 Å². The number of rotatable bonds is 4. The Kier molecular flexibility index (Phi) is 3.54. The highest BCUT2D eigenvalue weighted by molar-refractivity contribution is 7.80. The lowest BCUT2D eigenvalue weighted by atomic mass is 10.3. The van der Waals surface area contributed by atoms with Crippen LogP contribution in [0, 0.1) is 0 Å². The van der Waals surface area contributed by atoms with Crippen LogP contribution in [0.5, 0.6) is 0 Å². The first-order valence-electron chi connectivity index (χ1n) is 3.83. The maximum Gasteiger partial charge on any atom is 0.0815 e. The Balaban J connectivity index is 2.32. The van der Waals surface area contributed by atoms with Crippen LogP contribution in [0.3, 0.4) is 0 Å². The molecule has 1 rings (SSSR count). The molecular weight excluding hydrogens is 168 g/mol. The van der Waals surface area contributed by atoms with Crippen molar-refractivity contribution in [1.82, 2.24) is 10.3 Å². The number of nitrogens with one attached hydrogen (secondary N) is 2. The van der Waals surface area contributed by atoms with E-state index in [9.17, 15) is 0 Å². The normalized spacial score (nSPS) is 9.33. The Morgan fingerprint density at radius 3 is 3.17 bits per heavy atom. The Morgan fingerprint density at radius 1 is 1.75 bits per heavy atom. The number of aromatic nitrogens is 1. The van der Waals surface area contributed by atoms with Crippen molar-refractivity contribution in [3.05, 3.63) is 36.7 Å². The molecule has 0 fully saturated rings. The molecule has 64 valence electrons. The molecule has 1 aromatic rings. The monoisotopic (exact) mass is 180 g/mol. The molecule has 0 aromatic carbocycles. The van der Waals surface area contributed by atoms with Crippen LogP contribution in [0.25, 0.3) is 0 Å². The third-order valence-corrected chi connectivity index (χ3v) is 1.75. The summed E-state index contributed by atoms with van der Waals surface area (Å²) >= 11 is 5.09. The zero-order chi connectivity index (χ0) is 8.81. The van der Waals surface area contributed by atoms with Gasteiger partial charge in [-0.25, -0.2) is 0 Å². The molecule has 0 radical (unpaired) electrons. The standard InChI is InChI=1S/C9H12N2S/c1-2-5-11-9(12)7-8-4-3-6-10-8/h2-4,6,10H,1,5,7H2,(H,11,12). The molecule has 2 N–H and O–H groups in total. The summed E-state index contributed by atoms with van der Waals surface area (Å²) in [5.74, 6) is 0. The van der Waals surface area contributed by atoms with Crippen LogP contribution >= 0.6 is 12.2 Å². The lowest BCUT2D eigenvalue weighted by Crippen LogP contribution is -2.23. The highest BCUT2D eigenvalue weighted by Crippen LogP contribution is 1.95. The van der Waals surface area contributed by atoms with E-state index in [0.717, 1.165) is 23.6 Å². The van der Waals surface area contributed by atoms with Gasteiger partial charge in [0.25, 0.3) is 0 Å². The summed E-state index contributed by atoms with van der Waals surface area (Å²) in [6.07, 6.45) is 4.46. The molecule has 12 heavy (non-hydrogen) atoms. The molecule has 0 aliphatic heterocycles. The smallest absolute Gasteiger partial charge is 0.0815 e. The lowest BCUT2D eigenvalue weighted by molar-refractivity contribution is 1.02. The zero-order valence-corrected chi connectivity index (χ0v) is 7.66. The van der Waals surface area contributed by atoms with Crippen LogP contribution < -0.4 is 5.32 Å². The van der Waals surface area contributed by atoms with Gasteiger partial charge in [0, 0.05) is 24.9 Å². The van der Waals surface area contributed by atoms with Crippen LogP contribution in [0.15, 0.2) is 31.0 Å². The minimum absolute atomic E-state index is 0.736. The number of H-pyrrole nitrogens is 1. The van der Waals surface area contributed by atoms with Gasteiger partial charge in [0.15, 0.2) is 0 Å². The second-order valence-electron chi connectivity index (χ2n) is 2.46. The van der Waals surface area contributed by atoms with Crippen LogP contribution in [-0.4, -0.2) is 16.5 Å². The molecule has 1 aromatic heterocycles. The zero-order valence-electron chi connectivity index (χ0n) is 6.84. The predicted molar refractivity (Wildman–Crippen MR) is 55.3 cm³/mol.